The molecule has 0 aliphatic rings. The highest BCUT2D eigenvalue weighted by atomic mass is 32.2. The van der Waals surface area contributed by atoms with E-state index in [1.165, 1.54) is 44.7 Å². The maximum atomic E-state index is 13.8. The van der Waals surface area contributed by atoms with Crippen molar-refractivity contribution in [3.05, 3.63) is 65.4 Å². The van der Waals surface area contributed by atoms with Crippen molar-refractivity contribution in [3.63, 3.8) is 0 Å². The van der Waals surface area contributed by atoms with Crippen molar-refractivity contribution in [1.82, 2.24) is 9.78 Å². The zero-order valence-electron chi connectivity index (χ0n) is 15.6. The predicted octanol–water partition coefficient (Wildman–Crippen LogP) is 3.31. The molecule has 1 N–H and O–H groups in total. The number of benzene rings is 2. The van der Waals surface area contributed by atoms with Crippen LogP contribution in [0.4, 0.5) is 23.4 Å². The van der Waals surface area contributed by atoms with Crippen LogP contribution in [0.15, 0.2) is 41.4 Å². The molecule has 7 nitrogen and oxygen atoms in total. The molecule has 0 bridgehead atoms. The molecule has 2 aromatic carbocycles. The first-order chi connectivity index (χ1) is 14.2. The lowest BCUT2D eigenvalue weighted by atomic mass is 10.2. The number of anilines is 1. The van der Waals surface area contributed by atoms with Gasteiger partial charge in [-0.25, -0.2) is 26.0 Å². The van der Waals surface area contributed by atoms with E-state index in [2.05, 4.69) is 9.82 Å². The number of hydrogen-bond acceptors (Lipinski definition) is 5. The molecule has 0 amide bonds. The first kappa shape index (κ1) is 21.4. The summed E-state index contributed by atoms with van der Waals surface area (Å²) in [4.78, 5) is -0.204. The van der Waals surface area contributed by atoms with Crippen LogP contribution >= 0.6 is 0 Å². The third-order valence-electron chi connectivity index (χ3n) is 4.06. The van der Waals surface area contributed by atoms with Gasteiger partial charge in [0, 0.05) is 24.4 Å². The SMILES string of the molecule is COc1ccc(S(=O)(=O)Nc2ccn(Cc3c(F)c(F)cc(F)c3F)n2)c(OC)c1. The molecule has 0 radical (unpaired) electrons. The zero-order chi connectivity index (χ0) is 22.1. The molecule has 3 rings (SSSR count). The number of sulfonamides is 1. The third-order valence-corrected chi connectivity index (χ3v) is 5.46. The van der Waals surface area contributed by atoms with Crippen LogP contribution in [0.25, 0.3) is 0 Å². The van der Waals surface area contributed by atoms with Crippen molar-refractivity contribution in [2.75, 3.05) is 18.9 Å². The van der Waals surface area contributed by atoms with E-state index >= 15 is 0 Å². The molecule has 160 valence electrons. The lowest BCUT2D eigenvalue weighted by Crippen LogP contribution is -2.15. The topological polar surface area (TPSA) is 82.5 Å². The van der Waals surface area contributed by atoms with Gasteiger partial charge in [0.25, 0.3) is 10.0 Å². The highest BCUT2D eigenvalue weighted by molar-refractivity contribution is 7.92. The minimum atomic E-state index is -4.14. The molecule has 0 aliphatic heterocycles. The largest absolute Gasteiger partial charge is 0.497 e. The Kier molecular flexibility index (Phi) is 5.87. The fraction of sp³-hybridized carbons (Fsp3) is 0.167. The number of hydrogen-bond donors (Lipinski definition) is 1. The lowest BCUT2D eigenvalue weighted by Gasteiger charge is -2.11. The van der Waals surface area contributed by atoms with E-state index in [1.54, 1.807) is 0 Å². The second-order valence-corrected chi connectivity index (χ2v) is 7.62. The second kappa shape index (κ2) is 8.22. The number of ether oxygens (including phenoxy) is 2. The number of rotatable bonds is 7. The van der Waals surface area contributed by atoms with E-state index < -0.39 is 45.4 Å². The molecule has 0 saturated carbocycles. The Labute approximate surface area is 168 Å². The van der Waals surface area contributed by atoms with Crippen LogP contribution in [-0.4, -0.2) is 32.4 Å². The molecule has 1 heterocycles. The zero-order valence-corrected chi connectivity index (χ0v) is 16.4. The Hall–Kier alpha value is -3.28. The number of nitrogens with one attached hydrogen (secondary N) is 1. The van der Waals surface area contributed by atoms with Gasteiger partial charge in [0.05, 0.1) is 26.3 Å². The van der Waals surface area contributed by atoms with Crippen molar-refractivity contribution < 1.29 is 35.5 Å². The summed E-state index contributed by atoms with van der Waals surface area (Å²) in [6.45, 7) is -0.667. The van der Waals surface area contributed by atoms with Gasteiger partial charge in [0.2, 0.25) is 0 Å². The maximum absolute atomic E-state index is 13.8. The Morgan fingerprint density at radius 2 is 1.67 bits per heavy atom. The summed E-state index contributed by atoms with van der Waals surface area (Å²) < 4.78 is 92.8. The smallest absolute Gasteiger partial charge is 0.266 e. The van der Waals surface area contributed by atoms with Crippen LogP contribution in [-0.2, 0) is 16.6 Å². The van der Waals surface area contributed by atoms with Gasteiger partial charge in [-0.3, -0.25) is 9.40 Å². The standard InChI is InChI=1S/C18H15F4N3O4S/c1-28-10-3-4-15(14(7-10)29-2)30(26,27)24-16-5-6-25(23-16)9-11-17(21)12(19)8-13(20)18(11)22/h3-8H,9H2,1-2H3,(H,23,24). The van der Waals surface area contributed by atoms with Crippen molar-refractivity contribution in [3.8, 4) is 11.5 Å². The molecule has 0 atom stereocenters. The summed E-state index contributed by atoms with van der Waals surface area (Å²) in [5.74, 6) is -6.02. The normalized spacial score (nSPS) is 11.4. The second-order valence-electron chi connectivity index (χ2n) is 5.97. The van der Waals surface area contributed by atoms with Crippen LogP contribution in [0.3, 0.4) is 0 Å². The summed E-state index contributed by atoms with van der Waals surface area (Å²) in [6, 6.07) is 5.35. The highest BCUT2D eigenvalue weighted by Gasteiger charge is 2.23. The molecule has 12 heteroatoms. The molecule has 0 fully saturated rings. The van der Waals surface area contributed by atoms with Gasteiger partial charge in [-0.2, -0.15) is 5.10 Å². The maximum Gasteiger partial charge on any atom is 0.266 e. The van der Waals surface area contributed by atoms with Gasteiger partial charge in [-0.1, -0.05) is 0 Å². The molecular formula is C18H15F4N3O4S. The molecule has 0 saturated heterocycles. The van der Waals surface area contributed by atoms with Crippen molar-refractivity contribution in [1.29, 1.82) is 0 Å². The van der Waals surface area contributed by atoms with Crippen molar-refractivity contribution in [2.24, 2.45) is 0 Å². The van der Waals surface area contributed by atoms with E-state index in [9.17, 15) is 26.0 Å². The summed E-state index contributed by atoms with van der Waals surface area (Å²) in [7, 11) is -1.46. The van der Waals surface area contributed by atoms with Gasteiger partial charge < -0.3 is 9.47 Å². The number of halogens is 4. The predicted molar refractivity (Wildman–Crippen MR) is 98.0 cm³/mol. The van der Waals surface area contributed by atoms with Gasteiger partial charge in [-0.15, -0.1) is 0 Å². The van der Waals surface area contributed by atoms with Crippen molar-refractivity contribution >= 4 is 15.8 Å². The Morgan fingerprint density at radius 3 is 2.27 bits per heavy atom. The van der Waals surface area contributed by atoms with Crippen LogP contribution in [0.5, 0.6) is 11.5 Å². The van der Waals surface area contributed by atoms with Crippen LogP contribution < -0.4 is 14.2 Å². The molecule has 30 heavy (non-hydrogen) atoms. The molecule has 0 unspecified atom stereocenters. The molecule has 1 aromatic heterocycles. The summed E-state index contributed by atoms with van der Waals surface area (Å²) in [5.41, 5.74) is -0.887. The number of aromatic nitrogens is 2. The Morgan fingerprint density at radius 1 is 1.00 bits per heavy atom. The van der Waals surface area contributed by atoms with E-state index in [-0.39, 0.29) is 22.5 Å². The Balaban J connectivity index is 1.86. The van der Waals surface area contributed by atoms with Gasteiger partial charge >= 0.3 is 0 Å². The first-order valence-corrected chi connectivity index (χ1v) is 9.74. The quantitative estimate of drug-likeness (QED) is 0.446. The van der Waals surface area contributed by atoms with Gasteiger partial charge in [0.1, 0.15) is 16.4 Å². The minimum Gasteiger partial charge on any atom is -0.497 e. The monoisotopic (exact) mass is 445 g/mol. The third kappa shape index (κ3) is 4.17. The summed E-state index contributed by atoms with van der Waals surface area (Å²) in [6.07, 6.45) is 1.19. The van der Waals surface area contributed by atoms with Gasteiger partial charge in [-0.05, 0) is 12.1 Å². The summed E-state index contributed by atoms with van der Waals surface area (Å²) >= 11 is 0. The van der Waals surface area contributed by atoms with Gasteiger partial charge in [0.15, 0.2) is 29.1 Å². The van der Waals surface area contributed by atoms with E-state index in [4.69, 9.17) is 9.47 Å². The lowest BCUT2D eigenvalue weighted by molar-refractivity contribution is 0.386. The van der Waals surface area contributed by atoms with E-state index in [0.717, 1.165) is 4.68 Å². The highest BCUT2D eigenvalue weighted by Crippen LogP contribution is 2.29. The fourth-order valence-corrected chi connectivity index (χ4v) is 3.77. The number of methoxy groups -OCH3 is 2. The van der Waals surface area contributed by atoms with Crippen LogP contribution in [0.2, 0.25) is 0 Å². The van der Waals surface area contributed by atoms with Crippen LogP contribution in [0.1, 0.15) is 5.56 Å². The molecular weight excluding hydrogens is 430 g/mol. The van der Waals surface area contributed by atoms with E-state index in [0.29, 0.717) is 5.75 Å². The average molecular weight is 445 g/mol. The molecule has 3 aromatic rings. The summed E-state index contributed by atoms with van der Waals surface area (Å²) in [5, 5.41) is 3.83. The Bertz CT molecular complexity index is 1170. The fourth-order valence-electron chi connectivity index (χ4n) is 2.62. The minimum absolute atomic E-state index is 0.0145. The molecule has 0 spiro atoms. The number of nitrogens with zero attached hydrogens (tertiary/aromatic N) is 2. The van der Waals surface area contributed by atoms with Crippen molar-refractivity contribution in [2.45, 2.75) is 11.4 Å². The van der Waals surface area contributed by atoms with E-state index in [1.807, 2.05) is 0 Å². The van der Waals surface area contributed by atoms with Crippen LogP contribution in [0, 0.1) is 23.3 Å². The average Bonchev–Trinajstić information content (AvgIpc) is 3.15. The first-order valence-electron chi connectivity index (χ1n) is 8.26. The molecule has 0 aliphatic carbocycles.